The SMILES string of the molecule is Cc1csc(CC2CCCN(C(=O)c3[nH]c4ccc(Cl)cc4c3Cl)C2)n1. The molecule has 4 nitrogen and oxygen atoms in total. The molecule has 1 saturated heterocycles. The molecule has 1 N–H and O–H groups in total. The van der Waals surface area contributed by atoms with Crippen LogP contribution in [0, 0.1) is 12.8 Å². The molecule has 1 unspecified atom stereocenters. The van der Waals surface area contributed by atoms with E-state index in [9.17, 15) is 4.79 Å². The van der Waals surface area contributed by atoms with Crippen molar-refractivity contribution in [2.24, 2.45) is 5.92 Å². The van der Waals surface area contributed by atoms with Crippen molar-refractivity contribution in [3.05, 3.63) is 50.0 Å². The van der Waals surface area contributed by atoms with Crippen LogP contribution >= 0.6 is 34.5 Å². The van der Waals surface area contributed by atoms with E-state index in [0.717, 1.165) is 54.0 Å². The number of aromatic amines is 1. The summed E-state index contributed by atoms with van der Waals surface area (Å²) in [5.41, 5.74) is 2.35. The molecule has 136 valence electrons. The molecule has 2 aromatic heterocycles. The molecule has 0 aliphatic carbocycles. The van der Waals surface area contributed by atoms with E-state index in [1.807, 2.05) is 17.9 Å². The Labute approximate surface area is 166 Å². The number of hydrogen-bond donors (Lipinski definition) is 1. The van der Waals surface area contributed by atoms with Crippen LogP contribution in [0.4, 0.5) is 0 Å². The van der Waals surface area contributed by atoms with Crippen molar-refractivity contribution >= 4 is 51.3 Å². The summed E-state index contributed by atoms with van der Waals surface area (Å²) in [5.74, 6) is 0.401. The normalized spacial score (nSPS) is 17.8. The van der Waals surface area contributed by atoms with Crippen molar-refractivity contribution in [2.75, 3.05) is 13.1 Å². The molecule has 1 amide bonds. The minimum Gasteiger partial charge on any atom is -0.349 e. The molecular formula is C19H19Cl2N3OS. The maximum Gasteiger partial charge on any atom is 0.271 e. The summed E-state index contributed by atoms with van der Waals surface area (Å²) in [5, 5.41) is 5.07. The summed E-state index contributed by atoms with van der Waals surface area (Å²) in [4.78, 5) is 22.7. The second-order valence-corrected chi connectivity index (χ2v) is 8.61. The van der Waals surface area contributed by atoms with Crippen molar-refractivity contribution in [3.63, 3.8) is 0 Å². The summed E-state index contributed by atoms with van der Waals surface area (Å²) in [6.45, 7) is 3.52. The van der Waals surface area contributed by atoms with Gasteiger partial charge >= 0.3 is 0 Å². The van der Waals surface area contributed by atoms with Gasteiger partial charge in [-0.3, -0.25) is 4.79 Å². The van der Waals surface area contributed by atoms with Gasteiger partial charge in [-0.25, -0.2) is 4.98 Å². The number of piperidine rings is 1. The van der Waals surface area contributed by atoms with E-state index >= 15 is 0 Å². The van der Waals surface area contributed by atoms with Gasteiger partial charge in [-0.05, 0) is 43.9 Å². The zero-order valence-corrected chi connectivity index (χ0v) is 16.7. The summed E-state index contributed by atoms with van der Waals surface area (Å²) in [7, 11) is 0. The number of rotatable bonds is 3. The molecule has 1 fully saturated rings. The Morgan fingerprint density at radius 2 is 2.27 bits per heavy atom. The average Bonchev–Trinajstić information content (AvgIpc) is 3.18. The van der Waals surface area contributed by atoms with E-state index in [-0.39, 0.29) is 5.91 Å². The van der Waals surface area contributed by atoms with Gasteiger partial charge in [-0.2, -0.15) is 0 Å². The predicted molar refractivity (Wildman–Crippen MR) is 108 cm³/mol. The number of benzene rings is 1. The molecular weight excluding hydrogens is 389 g/mol. The molecule has 1 atom stereocenters. The Hall–Kier alpha value is -1.56. The number of nitrogens with zero attached hydrogens (tertiary/aromatic N) is 2. The number of hydrogen-bond acceptors (Lipinski definition) is 3. The van der Waals surface area contributed by atoms with Gasteiger partial charge in [0.15, 0.2) is 0 Å². The van der Waals surface area contributed by atoms with E-state index in [1.54, 1.807) is 23.5 Å². The number of halogens is 2. The fraction of sp³-hybridized carbons (Fsp3) is 0.368. The third-order valence-corrected chi connectivity index (χ3v) is 6.46. The van der Waals surface area contributed by atoms with Crippen LogP contribution in [-0.4, -0.2) is 33.9 Å². The van der Waals surface area contributed by atoms with E-state index in [0.29, 0.717) is 21.7 Å². The molecule has 26 heavy (non-hydrogen) atoms. The first kappa shape index (κ1) is 17.8. The first-order valence-corrected chi connectivity index (χ1v) is 10.3. The summed E-state index contributed by atoms with van der Waals surface area (Å²) < 4.78 is 0. The van der Waals surface area contributed by atoms with Crippen LogP contribution < -0.4 is 0 Å². The minimum atomic E-state index is -0.0395. The topological polar surface area (TPSA) is 49.0 Å². The Morgan fingerprint density at radius 3 is 3.04 bits per heavy atom. The maximum atomic E-state index is 13.0. The van der Waals surface area contributed by atoms with Crippen LogP contribution in [0.1, 0.15) is 34.0 Å². The lowest BCUT2D eigenvalue weighted by Gasteiger charge is -2.32. The number of carbonyl (C=O) groups excluding carboxylic acids is 1. The molecule has 3 heterocycles. The van der Waals surface area contributed by atoms with Crippen molar-refractivity contribution < 1.29 is 4.79 Å². The largest absolute Gasteiger partial charge is 0.349 e. The fourth-order valence-electron chi connectivity index (χ4n) is 3.60. The number of H-pyrrole nitrogens is 1. The molecule has 0 bridgehead atoms. The highest BCUT2D eigenvalue weighted by molar-refractivity contribution is 7.09. The number of carbonyl (C=O) groups is 1. The number of aryl methyl sites for hydroxylation is 1. The van der Waals surface area contributed by atoms with Crippen molar-refractivity contribution in [1.29, 1.82) is 0 Å². The van der Waals surface area contributed by atoms with Crippen LogP contribution in [0.15, 0.2) is 23.6 Å². The third-order valence-electron chi connectivity index (χ3n) is 4.85. The Balaban J connectivity index is 1.53. The molecule has 4 rings (SSSR count). The molecule has 0 saturated carbocycles. The minimum absolute atomic E-state index is 0.0395. The van der Waals surface area contributed by atoms with Gasteiger partial charge in [0.1, 0.15) is 5.69 Å². The molecule has 1 aromatic carbocycles. The second-order valence-electron chi connectivity index (χ2n) is 6.85. The van der Waals surface area contributed by atoms with Crippen molar-refractivity contribution in [2.45, 2.75) is 26.2 Å². The van der Waals surface area contributed by atoms with Crippen LogP contribution in [0.2, 0.25) is 10.0 Å². The first-order chi connectivity index (χ1) is 12.5. The summed E-state index contributed by atoms with van der Waals surface area (Å²) in [6.07, 6.45) is 3.06. The van der Waals surface area contributed by atoms with E-state index in [4.69, 9.17) is 23.2 Å². The van der Waals surface area contributed by atoms with Crippen molar-refractivity contribution in [1.82, 2.24) is 14.9 Å². The van der Waals surface area contributed by atoms with Crippen LogP contribution in [0.25, 0.3) is 10.9 Å². The zero-order valence-electron chi connectivity index (χ0n) is 14.4. The van der Waals surface area contributed by atoms with Crippen LogP contribution in [-0.2, 0) is 6.42 Å². The van der Waals surface area contributed by atoms with Gasteiger partial charge in [0.05, 0.1) is 10.0 Å². The molecule has 0 spiro atoms. The highest BCUT2D eigenvalue weighted by Gasteiger charge is 2.28. The van der Waals surface area contributed by atoms with Gasteiger partial charge in [0, 0.05) is 46.5 Å². The first-order valence-electron chi connectivity index (χ1n) is 8.68. The lowest BCUT2D eigenvalue weighted by molar-refractivity contribution is 0.0668. The lowest BCUT2D eigenvalue weighted by atomic mass is 9.95. The van der Waals surface area contributed by atoms with Crippen molar-refractivity contribution in [3.8, 4) is 0 Å². The van der Waals surface area contributed by atoms with Crippen LogP contribution in [0.3, 0.4) is 0 Å². The zero-order chi connectivity index (χ0) is 18.3. The monoisotopic (exact) mass is 407 g/mol. The second kappa shape index (κ2) is 7.22. The highest BCUT2D eigenvalue weighted by atomic mass is 35.5. The van der Waals surface area contributed by atoms with E-state index < -0.39 is 0 Å². The van der Waals surface area contributed by atoms with Gasteiger partial charge in [-0.1, -0.05) is 23.2 Å². The quantitative estimate of drug-likeness (QED) is 0.637. The summed E-state index contributed by atoms with van der Waals surface area (Å²) >= 11 is 14.2. The molecule has 7 heteroatoms. The number of amides is 1. The Kier molecular flexibility index (Phi) is 4.95. The molecule has 1 aliphatic rings. The van der Waals surface area contributed by atoms with Gasteiger partial charge in [0.25, 0.3) is 5.91 Å². The van der Waals surface area contributed by atoms with E-state index in [1.165, 1.54) is 0 Å². The van der Waals surface area contributed by atoms with Gasteiger partial charge in [-0.15, -0.1) is 11.3 Å². The number of fused-ring (bicyclic) bond motifs is 1. The predicted octanol–water partition coefficient (Wildman–Crippen LogP) is 5.33. The molecule has 3 aromatic rings. The lowest BCUT2D eigenvalue weighted by Crippen LogP contribution is -2.40. The number of likely N-dealkylation sites (tertiary alicyclic amines) is 1. The van der Waals surface area contributed by atoms with Crippen LogP contribution in [0.5, 0.6) is 0 Å². The number of thiazole rings is 1. The maximum absolute atomic E-state index is 13.0. The van der Waals surface area contributed by atoms with Gasteiger partial charge < -0.3 is 9.88 Å². The standard InChI is InChI=1S/C19H19Cl2N3OS/c1-11-10-26-16(22-11)7-12-3-2-6-24(9-12)19(25)18-17(21)14-8-13(20)4-5-15(14)23-18/h4-5,8,10,12,23H,2-3,6-7,9H2,1H3. The molecule has 0 radical (unpaired) electrons. The van der Waals surface area contributed by atoms with Gasteiger partial charge in [0.2, 0.25) is 0 Å². The Bertz CT molecular complexity index is 965. The number of nitrogens with one attached hydrogen (secondary N) is 1. The molecule has 1 aliphatic heterocycles. The van der Waals surface area contributed by atoms with E-state index in [2.05, 4.69) is 15.3 Å². The number of aromatic nitrogens is 2. The average molecular weight is 408 g/mol. The summed E-state index contributed by atoms with van der Waals surface area (Å²) in [6, 6.07) is 5.43. The fourth-order valence-corrected chi connectivity index (χ4v) is 4.94. The third kappa shape index (κ3) is 3.48. The smallest absolute Gasteiger partial charge is 0.271 e. The Morgan fingerprint density at radius 1 is 1.42 bits per heavy atom. The highest BCUT2D eigenvalue weighted by Crippen LogP contribution is 2.31.